The highest BCUT2D eigenvalue weighted by Crippen LogP contribution is 2.69. The van der Waals surface area contributed by atoms with E-state index in [0.717, 1.165) is 31.4 Å². The molecule has 1 aromatic carbocycles. The molecule has 0 radical (unpaired) electrons. The maximum Gasteiger partial charge on any atom is 0.247 e. The van der Waals surface area contributed by atoms with Crippen molar-refractivity contribution in [2.75, 3.05) is 37.7 Å². The summed E-state index contributed by atoms with van der Waals surface area (Å²) in [6.07, 6.45) is 7.60. The monoisotopic (exact) mass is 553 g/mol. The first-order valence-electron chi connectivity index (χ1n) is 14.3. The van der Waals surface area contributed by atoms with E-state index in [2.05, 4.69) is 27.0 Å². The quantitative estimate of drug-likeness (QED) is 0.277. The SMILES string of the molecule is C=CCN(CCCCC)C(=O)C1N(CCCO)C(=O)[C@@H]2[C@@H](C(=O)N(CC=C)c3ccccc3)[C@H]3CC(C)C12S3. The molecule has 6 atom stereocenters. The van der Waals surface area contributed by atoms with E-state index in [1.807, 2.05) is 35.2 Å². The molecule has 8 heteroatoms. The summed E-state index contributed by atoms with van der Waals surface area (Å²) in [5.41, 5.74) is 0.778. The smallest absolute Gasteiger partial charge is 0.247 e. The minimum atomic E-state index is -0.671. The molecule has 212 valence electrons. The van der Waals surface area contributed by atoms with Crippen molar-refractivity contribution < 1.29 is 19.5 Å². The third-order valence-corrected chi connectivity index (χ3v) is 10.7. The molecule has 3 aliphatic heterocycles. The van der Waals surface area contributed by atoms with Crippen LogP contribution in [0.25, 0.3) is 0 Å². The summed E-state index contributed by atoms with van der Waals surface area (Å²) >= 11 is 1.69. The number of carbonyl (C=O) groups excluding carboxylic acids is 3. The second-order valence-electron chi connectivity index (χ2n) is 11.0. The molecule has 4 rings (SSSR count). The molecular formula is C31H43N3O4S. The Morgan fingerprint density at radius 1 is 1.13 bits per heavy atom. The number of nitrogens with zero attached hydrogens (tertiary/aromatic N) is 3. The highest BCUT2D eigenvalue weighted by atomic mass is 32.2. The van der Waals surface area contributed by atoms with Crippen LogP contribution in [0.15, 0.2) is 55.6 Å². The third kappa shape index (κ3) is 5.18. The van der Waals surface area contributed by atoms with Gasteiger partial charge in [0.15, 0.2) is 0 Å². The van der Waals surface area contributed by atoms with Gasteiger partial charge in [0.2, 0.25) is 17.7 Å². The molecule has 39 heavy (non-hydrogen) atoms. The van der Waals surface area contributed by atoms with E-state index >= 15 is 0 Å². The molecule has 3 amide bonds. The molecular weight excluding hydrogens is 510 g/mol. The van der Waals surface area contributed by atoms with Gasteiger partial charge in [-0.1, -0.05) is 57.0 Å². The Labute approximate surface area is 237 Å². The minimum Gasteiger partial charge on any atom is -0.396 e. The van der Waals surface area contributed by atoms with Crippen molar-refractivity contribution >= 4 is 35.2 Å². The summed E-state index contributed by atoms with van der Waals surface area (Å²) in [5.74, 6) is -1.24. The first-order valence-corrected chi connectivity index (χ1v) is 15.2. The average molecular weight is 554 g/mol. The lowest BCUT2D eigenvalue weighted by Gasteiger charge is -2.41. The molecule has 1 aromatic rings. The Kier molecular flexibility index (Phi) is 9.60. The van der Waals surface area contributed by atoms with E-state index in [1.54, 1.807) is 33.7 Å². The zero-order valence-electron chi connectivity index (χ0n) is 23.3. The Morgan fingerprint density at radius 3 is 2.49 bits per heavy atom. The van der Waals surface area contributed by atoms with Crippen LogP contribution in [0.3, 0.4) is 0 Å². The van der Waals surface area contributed by atoms with Crippen molar-refractivity contribution in [1.29, 1.82) is 0 Å². The van der Waals surface area contributed by atoms with Crippen LogP contribution in [0.4, 0.5) is 5.69 Å². The molecule has 1 N–H and O–H groups in total. The Hall–Kier alpha value is -2.58. The molecule has 3 unspecified atom stereocenters. The van der Waals surface area contributed by atoms with Crippen molar-refractivity contribution in [3.63, 3.8) is 0 Å². The van der Waals surface area contributed by atoms with Crippen LogP contribution >= 0.6 is 11.8 Å². The number of amides is 3. The first-order chi connectivity index (χ1) is 18.9. The van der Waals surface area contributed by atoms with Crippen LogP contribution in [0.1, 0.15) is 46.0 Å². The van der Waals surface area contributed by atoms with Crippen LogP contribution in [0.2, 0.25) is 0 Å². The van der Waals surface area contributed by atoms with Gasteiger partial charge in [-0.25, -0.2) is 0 Å². The Bertz CT molecular complexity index is 1070. The topological polar surface area (TPSA) is 81.2 Å². The lowest BCUT2D eigenvalue weighted by atomic mass is 9.65. The Balaban J connectivity index is 1.74. The molecule has 0 aromatic heterocycles. The summed E-state index contributed by atoms with van der Waals surface area (Å²) in [6.45, 7) is 13.6. The Morgan fingerprint density at radius 2 is 1.85 bits per heavy atom. The fourth-order valence-electron chi connectivity index (χ4n) is 6.97. The first kappa shape index (κ1) is 29.4. The second kappa shape index (κ2) is 12.7. The number of hydrogen-bond donors (Lipinski definition) is 1. The zero-order chi connectivity index (χ0) is 28.2. The van der Waals surface area contributed by atoms with Gasteiger partial charge in [-0.05, 0) is 37.3 Å². The van der Waals surface area contributed by atoms with E-state index in [1.165, 1.54) is 0 Å². The summed E-state index contributed by atoms with van der Waals surface area (Å²) in [6, 6.07) is 8.86. The standard InChI is InChI=1S/C31H43N3O4S/c1-5-8-12-18-32(16-6-2)30(38)27-31-22(4)21-24(39-31)25(26(31)29(37)34(27)19-13-20-35)28(36)33(17-7-3)23-14-10-9-11-15-23/h6-7,9-11,14-15,22,24-27,35H,2-3,5,8,12-13,16-21H2,1,4H3/t22?,24-,25+,26+,27?,31?/m1/s1. The van der Waals surface area contributed by atoms with E-state index in [0.29, 0.717) is 32.6 Å². The predicted molar refractivity (Wildman–Crippen MR) is 157 cm³/mol. The van der Waals surface area contributed by atoms with Gasteiger partial charge < -0.3 is 19.8 Å². The minimum absolute atomic E-state index is 0.0271. The van der Waals surface area contributed by atoms with Crippen molar-refractivity contribution in [2.45, 2.75) is 62.0 Å². The maximum absolute atomic E-state index is 14.4. The highest BCUT2D eigenvalue weighted by Gasteiger charge is 2.76. The van der Waals surface area contributed by atoms with Crippen molar-refractivity contribution in [1.82, 2.24) is 9.80 Å². The zero-order valence-corrected chi connectivity index (χ0v) is 24.2. The van der Waals surface area contributed by atoms with Crippen LogP contribution in [0.5, 0.6) is 0 Å². The number of rotatable bonds is 14. The molecule has 0 saturated carbocycles. The fraction of sp³-hybridized carbons (Fsp3) is 0.581. The lowest BCUT2D eigenvalue weighted by Crippen LogP contribution is -2.57. The highest BCUT2D eigenvalue weighted by molar-refractivity contribution is 8.02. The molecule has 0 aliphatic carbocycles. The van der Waals surface area contributed by atoms with Crippen molar-refractivity contribution in [2.24, 2.45) is 17.8 Å². The summed E-state index contributed by atoms with van der Waals surface area (Å²) in [5, 5.41) is 9.61. The summed E-state index contributed by atoms with van der Waals surface area (Å²) < 4.78 is -0.671. The molecule has 1 spiro atoms. The van der Waals surface area contributed by atoms with Gasteiger partial charge in [-0.15, -0.1) is 24.9 Å². The van der Waals surface area contributed by atoms with Gasteiger partial charge in [0, 0.05) is 43.7 Å². The molecule has 3 fully saturated rings. The van der Waals surface area contributed by atoms with Crippen LogP contribution in [-0.2, 0) is 14.4 Å². The van der Waals surface area contributed by atoms with E-state index in [-0.39, 0.29) is 35.5 Å². The third-order valence-electron chi connectivity index (χ3n) is 8.66. The fourth-order valence-corrected chi connectivity index (χ4v) is 9.38. The number of aliphatic hydroxyl groups is 1. The molecule has 2 bridgehead atoms. The number of unbranched alkanes of at least 4 members (excludes halogenated alkanes) is 2. The molecule has 3 aliphatic rings. The number of aliphatic hydroxyl groups excluding tert-OH is 1. The number of benzene rings is 1. The van der Waals surface area contributed by atoms with Gasteiger partial charge in [0.1, 0.15) is 6.04 Å². The van der Waals surface area contributed by atoms with Gasteiger partial charge in [-0.3, -0.25) is 14.4 Å². The van der Waals surface area contributed by atoms with Crippen LogP contribution in [-0.4, -0.2) is 81.5 Å². The van der Waals surface area contributed by atoms with Gasteiger partial charge >= 0.3 is 0 Å². The molecule has 3 saturated heterocycles. The number of thioether (sulfide) groups is 1. The molecule has 3 heterocycles. The van der Waals surface area contributed by atoms with Crippen LogP contribution in [0, 0.1) is 17.8 Å². The summed E-state index contributed by atoms with van der Waals surface area (Å²) in [7, 11) is 0. The maximum atomic E-state index is 14.4. The molecule has 7 nitrogen and oxygen atoms in total. The largest absolute Gasteiger partial charge is 0.396 e. The average Bonchev–Trinajstić information content (AvgIpc) is 3.53. The number of likely N-dealkylation sites (tertiary alicyclic amines) is 1. The van der Waals surface area contributed by atoms with Gasteiger partial charge in [0.25, 0.3) is 0 Å². The van der Waals surface area contributed by atoms with Crippen molar-refractivity contribution in [3.05, 3.63) is 55.6 Å². The van der Waals surface area contributed by atoms with Crippen LogP contribution < -0.4 is 4.90 Å². The number of anilines is 1. The number of carbonyl (C=O) groups is 3. The number of hydrogen-bond acceptors (Lipinski definition) is 5. The van der Waals surface area contributed by atoms with E-state index < -0.39 is 22.6 Å². The number of para-hydroxylation sites is 1. The van der Waals surface area contributed by atoms with Gasteiger partial charge in [0.05, 0.1) is 16.6 Å². The predicted octanol–water partition coefficient (Wildman–Crippen LogP) is 4.13. The van der Waals surface area contributed by atoms with E-state index in [4.69, 9.17) is 0 Å². The van der Waals surface area contributed by atoms with E-state index in [9.17, 15) is 19.5 Å². The normalized spacial score (nSPS) is 28.8. The second-order valence-corrected chi connectivity index (χ2v) is 12.6. The van der Waals surface area contributed by atoms with Gasteiger partial charge in [-0.2, -0.15) is 0 Å². The van der Waals surface area contributed by atoms with Crippen molar-refractivity contribution in [3.8, 4) is 0 Å². The lowest BCUT2D eigenvalue weighted by molar-refractivity contribution is -0.142. The summed E-state index contributed by atoms with van der Waals surface area (Å²) in [4.78, 5) is 48.2. The number of fused-ring (bicyclic) bond motifs is 1.